The third-order valence-corrected chi connectivity index (χ3v) is 3.73. The normalized spacial score (nSPS) is 17.9. The highest BCUT2D eigenvalue weighted by molar-refractivity contribution is 5.29. The Labute approximate surface area is 114 Å². The van der Waals surface area contributed by atoms with E-state index >= 15 is 0 Å². The Morgan fingerprint density at radius 2 is 2.05 bits per heavy atom. The zero-order valence-electron chi connectivity index (χ0n) is 11.7. The van der Waals surface area contributed by atoms with E-state index in [4.69, 9.17) is 10.5 Å². The average molecular weight is 266 g/mol. The third-order valence-electron chi connectivity index (χ3n) is 3.73. The van der Waals surface area contributed by atoms with Crippen molar-refractivity contribution in [2.75, 3.05) is 13.1 Å². The second-order valence-corrected chi connectivity index (χ2v) is 5.42. The lowest BCUT2D eigenvalue weighted by atomic mass is 10.1. The molecule has 0 atom stereocenters. The van der Waals surface area contributed by atoms with Crippen molar-refractivity contribution >= 4 is 0 Å². The first-order chi connectivity index (χ1) is 9.10. The molecule has 4 heteroatoms. The number of likely N-dealkylation sites (tertiary alicyclic amines) is 1. The van der Waals surface area contributed by atoms with Crippen LogP contribution in [-0.2, 0) is 6.54 Å². The summed E-state index contributed by atoms with van der Waals surface area (Å²) >= 11 is 0. The maximum atomic E-state index is 13.8. The minimum Gasteiger partial charge on any atom is -0.487 e. The number of rotatable bonds is 4. The Balaban J connectivity index is 1.92. The van der Waals surface area contributed by atoms with Gasteiger partial charge in [0.25, 0.3) is 0 Å². The Kier molecular flexibility index (Phi) is 4.77. The van der Waals surface area contributed by atoms with Gasteiger partial charge in [0.2, 0.25) is 0 Å². The predicted octanol–water partition coefficient (Wildman–Crippen LogP) is 2.54. The van der Waals surface area contributed by atoms with Crippen LogP contribution in [0.5, 0.6) is 5.75 Å². The summed E-state index contributed by atoms with van der Waals surface area (Å²) in [6.07, 6.45) is 2.03. The molecule has 1 aliphatic heterocycles. The molecule has 0 amide bonds. The summed E-state index contributed by atoms with van der Waals surface area (Å²) in [6, 6.07) is 5.54. The minimum absolute atomic E-state index is 0.119. The van der Waals surface area contributed by atoms with E-state index in [9.17, 15) is 4.39 Å². The van der Waals surface area contributed by atoms with Gasteiger partial charge >= 0.3 is 0 Å². The van der Waals surface area contributed by atoms with E-state index in [1.165, 1.54) is 6.07 Å². The van der Waals surface area contributed by atoms with Crippen molar-refractivity contribution in [3.8, 4) is 5.75 Å². The lowest BCUT2D eigenvalue weighted by Crippen LogP contribution is -2.41. The van der Waals surface area contributed by atoms with E-state index in [-0.39, 0.29) is 11.9 Å². The van der Waals surface area contributed by atoms with Gasteiger partial charge in [0.1, 0.15) is 6.10 Å². The quantitative estimate of drug-likeness (QED) is 0.910. The van der Waals surface area contributed by atoms with Crippen molar-refractivity contribution in [3.63, 3.8) is 0 Å². The molecule has 0 radical (unpaired) electrons. The molecule has 1 aliphatic rings. The Bertz CT molecular complexity index is 415. The highest BCUT2D eigenvalue weighted by Gasteiger charge is 2.22. The molecular weight excluding hydrogens is 243 g/mol. The topological polar surface area (TPSA) is 38.5 Å². The summed E-state index contributed by atoms with van der Waals surface area (Å²) in [7, 11) is 0. The molecule has 1 aromatic carbocycles. The summed E-state index contributed by atoms with van der Waals surface area (Å²) in [5.74, 6) is 0.0365. The van der Waals surface area contributed by atoms with Gasteiger partial charge in [-0.05, 0) is 44.4 Å². The van der Waals surface area contributed by atoms with Gasteiger partial charge < -0.3 is 15.4 Å². The Hall–Kier alpha value is -1.13. The fourth-order valence-corrected chi connectivity index (χ4v) is 2.46. The van der Waals surface area contributed by atoms with Gasteiger partial charge in [-0.3, -0.25) is 0 Å². The van der Waals surface area contributed by atoms with Crippen LogP contribution < -0.4 is 10.5 Å². The number of hydrogen-bond acceptors (Lipinski definition) is 3. The molecule has 0 aliphatic carbocycles. The van der Waals surface area contributed by atoms with Crippen LogP contribution in [0.1, 0.15) is 32.3 Å². The highest BCUT2D eigenvalue weighted by Crippen LogP contribution is 2.23. The van der Waals surface area contributed by atoms with Crippen LogP contribution in [0.3, 0.4) is 0 Å². The van der Waals surface area contributed by atoms with Crippen LogP contribution >= 0.6 is 0 Å². The van der Waals surface area contributed by atoms with Gasteiger partial charge in [-0.1, -0.05) is 6.07 Å². The summed E-state index contributed by atoms with van der Waals surface area (Å²) in [5, 5.41) is 0. The maximum absolute atomic E-state index is 13.8. The largest absolute Gasteiger partial charge is 0.487 e. The van der Waals surface area contributed by atoms with E-state index in [1.807, 2.05) is 6.07 Å². The second kappa shape index (κ2) is 6.35. The smallest absolute Gasteiger partial charge is 0.165 e. The fourth-order valence-electron chi connectivity index (χ4n) is 2.46. The fraction of sp³-hybridized carbons (Fsp3) is 0.600. The summed E-state index contributed by atoms with van der Waals surface area (Å²) < 4.78 is 19.6. The SMILES string of the molecule is CC(C)N1CCC(Oc2ccc(CN)cc2F)CC1. The number of piperidine rings is 1. The van der Waals surface area contributed by atoms with Gasteiger partial charge in [0.05, 0.1) is 0 Å². The zero-order chi connectivity index (χ0) is 13.8. The zero-order valence-corrected chi connectivity index (χ0v) is 11.7. The minimum atomic E-state index is -0.311. The van der Waals surface area contributed by atoms with Crippen LogP contribution in [0.25, 0.3) is 0 Å². The Morgan fingerprint density at radius 1 is 1.37 bits per heavy atom. The Morgan fingerprint density at radius 3 is 2.58 bits per heavy atom. The first kappa shape index (κ1) is 14.3. The molecule has 3 nitrogen and oxygen atoms in total. The number of ether oxygens (including phenoxy) is 1. The van der Waals surface area contributed by atoms with Gasteiger partial charge in [0, 0.05) is 25.7 Å². The molecule has 0 aromatic heterocycles. The molecule has 2 N–H and O–H groups in total. The lowest BCUT2D eigenvalue weighted by molar-refractivity contribution is 0.0815. The molecule has 0 spiro atoms. The van der Waals surface area contributed by atoms with Crippen molar-refractivity contribution in [3.05, 3.63) is 29.6 Å². The number of halogens is 1. The van der Waals surface area contributed by atoms with Crippen LogP contribution in [-0.4, -0.2) is 30.1 Å². The van der Waals surface area contributed by atoms with Gasteiger partial charge in [-0.15, -0.1) is 0 Å². The van der Waals surface area contributed by atoms with Crippen LogP contribution in [0, 0.1) is 5.82 Å². The van der Waals surface area contributed by atoms with E-state index < -0.39 is 0 Å². The summed E-state index contributed by atoms with van der Waals surface area (Å²) in [4.78, 5) is 2.42. The maximum Gasteiger partial charge on any atom is 0.165 e. The molecule has 2 rings (SSSR count). The predicted molar refractivity (Wildman–Crippen MR) is 74.7 cm³/mol. The molecule has 0 unspecified atom stereocenters. The average Bonchev–Trinajstić information content (AvgIpc) is 2.41. The number of benzene rings is 1. The molecule has 1 aromatic rings. The van der Waals surface area contributed by atoms with Crippen molar-refractivity contribution in [2.24, 2.45) is 5.73 Å². The monoisotopic (exact) mass is 266 g/mol. The molecule has 19 heavy (non-hydrogen) atoms. The van der Waals surface area contributed by atoms with Crippen molar-refractivity contribution < 1.29 is 9.13 Å². The summed E-state index contributed by atoms with van der Waals surface area (Å²) in [6.45, 7) is 6.79. The molecule has 0 bridgehead atoms. The lowest BCUT2D eigenvalue weighted by Gasteiger charge is -2.34. The van der Waals surface area contributed by atoms with Crippen molar-refractivity contribution in [1.29, 1.82) is 0 Å². The van der Waals surface area contributed by atoms with E-state index in [2.05, 4.69) is 18.7 Å². The second-order valence-electron chi connectivity index (χ2n) is 5.42. The standard InChI is InChI=1S/C15H23FN2O/c1-11(2)18-7-5-13(6-8-18)19-15-4-3-12(10-17)9-14(15)16/h3-4,9,11,13H,5-8,10,17H2,1-2H3. The molecular formula is C15H23FN2O. The summed E-state index contributed by atoms with van der Waals surface area (Å²) in [5.41, 5.74) is 6.27. The van der Waals surface area contributed by atoms with Crippen molar-refractivity contribution in [1.82, 2.24) is 4.90 Å². The van der Waals surface area contributed by atoms with E-state index in [1.54, 1.807) is 6.07 Å². The van der Waals surface area contributed by atoms with E-state index in [0.717, 1.165) is 31.5 Å². The van der Waals surface area contributed by atoms with Gasteiger partial charge in [0.15, 0.2) is 11.6 Å². The first-order valence-corrected chi connectivity index (χ1v) is 6.99. The molecule has 106 valence electrons. The number of nitrogens with zero attached hydrogens (tertiary/aromatic N) is 1. The number of nitrogens with two attached hydrogens (primary N) is 1. The molecule has 1 fully saturated rings. The van der Waals surface area contributed by atoms with Gasteiger partial charge in [-0.25, -0.2) is 4.39 Å². The van der Waals surface area contributed by atoms with Crippen molar-refractivity contribution in [2.45, 2.75) is 45.4 Å². The molecule has 1 saturated heterocycles. The van der Waals surface area contributed by atoms with Crippen LogP contribution in [0.15, 0.2) is 18.2 Å². The van der Waals surface area contributed by atoms with Gasteiger partial charge in [-0.2, -0.15) is 0 Å². The number of hydrogen-bond donors (Lipinski definition) is 1. The van der Waals surface area contributed by atoms with Crippen LogP contribution in [0.4, 0.5) is 4.39 Å². The highest BCUT2D eigenvalue weighted by atomic mass is 19.1. The molecule has 1 heterocycles. The molecule has 0 saturated carbocycles. The van der Waals surface area contributed by atoms with Crippen LogP contribution in [0.2, 0.25) is 0 Å². The third kappa shape index (κ3) is 3.67. The van der Waals surface area contributed by atoms with E-state index in [0.29, 0.717) is 18.3 Å². The first-order valence-electron chi connectivity index (χ1n) is 6.99.